The van der Waals surface area contributed by atoms with E-state index in [0.29, 0.717) is 5.56 Å². The topological polar surface area (TPSA) is 41.6 Å². The van der Waals surface area contributed by atoms with Crippen molar-refractivity contribution < 1.29 is 9.53 Å². The van der Waals surface area contributed by atoms with Crippen molar-refractivity contribution in [1.82, 2.24) is 10.2 Å². The summed E-state index contributed by atoms with van der Waals surface area (Å²) in [6.45, 7) is 6.57. The summed E-state index contributed by atoms with van der Waals surface area (Å²) in [5, 5.41) is 2.61. The first kappa shape index (κ1) is 15.7. The Labute approximate surface area is 115 Å². The largest absolute Gasteiger partial charge is 0.377 e. The smallest absolute Gasteiger partial charge is 0.251 e. The van der Waals surface area contributed by atoms with Gasteiger partial charge < -0.3 is 10.1 Å². The van der Waals surface area contributed by atoms with Crippen molar-refractivity contribution in [2.45, 2.75) is 26.5 Å². The van der Waals surface area contributed by atoms with E-state index >= 15 is 0 Å². The van der Waals surface area contributed by atoms with Crippen LogP contribution in [0.3, 0.4) is 0 Å². The maximum atomic E-state index is 11.4. The van der Waals surface area contributed by atoms with Gasteiger partial charge in [-0.2, -0.15) is 0 Å². The number of nitrogens with zero attached hydrogens (tertiary/aromatic N) is 1. The van der Waals surface area contributed by atoms with Gasteiger partial charge in [-0.3, -0.25) is 9.69 Å². The number of amides is 1. The monoisotopic (exact) mass is 264 g/mol. The predicted molar refractivity (Wildman–Crippen MR) is 77.3 cm³/mol. The molecule has 19 heavy (non-hydrogen) atoms. The zero-order chi connectivity index (χ0) is 14.3. The van der Waals surface area contributed by atoms with Crippen LogP contribution < -0.4 is 5.32 Å². The van der Waals surface area contributed by atoms with Gasteiger partial charge in [-0.25, -0.2) is 0 Å². The molecule has 1 aromatic rings. The fraction of sp³-hybridized carbons (Fsp3) is 0.533. The highest BCUT2D eigenvalue weighted by Gasteiger charge is 2.04. The summed E-state index contributed by atoms with van der Waals surface area (Å²) in [5.74, 6) is -0.0507. The van der Waals surface area contributed by atoms with E-state index < -0.39 is 0 Å². The minimum Gasteiger partial charge on any atom is -0.377 e. The summed E-state index contributed by atoms with van der Waals surface area (Å²) in [6.07, 6.45) is 0.278. The van der Waals surface area contributed by atoms with Crippen LogP contribution >= 0.6 is 0 Å². The molecule has 0 aliphatic carbocycles. The molecule has 0 unspecified atom stereocenters. The molecule has 0 spiro atoms. The number of benzene rings is 1. The summed E-state index contributed by atoms with van der Waals surface area (Å²) in [5.41, 5.74) is 1.89. The molecule has 0 heterocycles. The number of likely N-dealkylation sites (N-methyl/N-ethyl adjacent to an activating group) is 1. The third-order valence-corrected chi connectivity index (χ3v) is 2.82. The SMILES string of the molecule is CNC(=O)c1ccc(CN(C)CCOC(C)C)cc1. The lowest BCUT2D eigenvalue weighted by Gasteiger charge is -2.17. The van der Waals surface area contributed by atoms with Crippen LogP contribution in [0.4, 0.5) is 0 Å². The second-order valence-electron chi connectivity index (χ2n) is 4.93. The Morgan fingerprint density at radius 2 is 1.95 bits per heavy atom. The van der Waals surface area contributed by atoms with Crippen LogP contribution in [0.5, 0.6) is 0 Å². The van der Waals surface area contributed by atoms with E-state index in [1.165, 1.54) is 5.56 Å². The molecule has 0 fully saturated rings. The highest BCUT2D eigenvalue weighted by molar-refractivity contribution is 5.93. The predicted octanol–water partition coefficient (Wildman–Crippen LogP) is 1.90. The molecule has 0 aromatic heterocycles. The molecule has 0 saturated carbocycles. The minimum absolute atomic E-state index is 0.0507. The second kappa shape index (κ2) is 7.92. The molecule has 106 valence electrons. The lowest BCUT2D eigenvalue weighted by atomic mass is 10.1. The maximum Gasteiger partial charge on any atom is 0.251 e. The van der Waals surface area contributed by atoms with Crippen LogP contribution in [0.25, 0.3) is 0 Å². The highest BCUT2D eigenvalue weighted by atomic mass is 16.5. The number of carbonyl (C=O) groups is 1. The van der Waals surface area contributed by atoms with E-state index in [0.717, 1.165) is 19.7 Å². The highest BCUT2D eigenvalue weighted by Crippen LogP contribution is 2.06. The van der Waals surface area contributed by atoms with E-state index in [4.69, 9.17) is 4.74 Å². The molecule has 4 nitrogen and oxygen atoms in total. The van der Waals surface area contributed by atoms with Crippen molar-refractivity contribution in [2.24, 2.45) is 0 Å². The lowest BCUT2D eigenvalue weighted by molar-refractivity contribution is 0.0627. The molecule has 1 amide bonds. The van der Waals surface area contributed by atoms with E-state index in [9.17, 15) is 4.79 Å². The third-order valence-electron chi connectivity index (χ3n) is 2.82. The molecular weight excluding hydrogens is 240 g/mol. The molecule has 0 atom stereocenters. The Bertz CT molecular complexity index is 388. The first-order valence-corrected chi connectivity index (χ1v) is 6.64. The molecular formula is C15H24N2O2. The van der Waals surface area contributed by atoms with Crippen molar-refractivity contribution >= 4 is 5.91 Å². The van der Waals surface area contributed by atoms with Crippen LogP contribution in [-0.2, 0) is 11.3 Å². The molecule has 1 rings (SSSR count). The Kier molecular flexibility index (Phi) is 6.53. The molecule has 0 aliphatic rings. The van der Waals surface area contributed by atoms with Crippen molar-refractivity contribution in [3.63, 3.8) is 0 Å². The summed E-state index contributed by atoms with van der Waals surface area (Å²) in [7, 11) is 3.70. The van der Waals surface area contributed by atoms with Crippen LogP contribution in [-0.4, -0.2) is 44.2 Å². The Morgan fingerprint density at radius 3 is 2.47 bits per heavy atom. The molecule has 0 saturated heterocycles. The fourth-order valence-corrected chi connectivity index (χ4v) is 1.74. The van der Waals surface area contributed by atoms with Gasteiger partial charge in [-0.1, -0.05) is 12.1 Å². The number of rotatable bonds is 7. The van der Waals surface area contributed by atoms with Gasteiger partial charge in [0.15, 0.2) is 0 Å². The van der Waals surface area contributed by atoms with E-state index in [2.05, 4.69) is 17.3 Å². The van der Waals surface area contributed by atoms with Gasteiger partial charge in [-0.05, 0) is 38.6 Å². The summed E-state index contributed by atoms with van der Waals surface area (Å²) >= 11 is 0. The van der Waals surface area contributed by atoms with Crippen molar-refractivity contribution in [1.29, 1.82) is 0 Å². The van der Waals surface area contributed by atoms with Gasteiger partial charge in [0, 0.05) is 25.7 Å². The quantitative estimate of drug-likeness (QED) is 0.818. The van der Waals surface area contributed by atoms with Gasteiger partial charge in [-0.15, -0.1) is 0 Å². The van der Waals surface area contributed by atoms with Gasteiger partial charge in [0.05, 0.1) is 12.7 Å². The molecule has 0 aliphatic heterocycles. The minimum atomic E-state index is -0.0507. The number of hydrogen-bond donors (Lipinski definition) is 1. The zero-order valence-electron chi connectivity index (χ0n) is 12.3. The van der Waals surface area contributed by atoms with Crippen LogP contribution in [0.15, 0.2) is 24.3 Å². The van der Waals surface area contributed by atoms with Crippen LogP contribution in [0.1, 0.15) is 29.8 Å². The number of hydrogen-bond acceptors (Lipinski definition) is 3. The summed E-state index contributed by atoms with van der Waals surface area (Å²) in [4.78, 5) is 13.6. The van der Waals surface area contributed by atoms with Crippen LogP contribution in [0, 0.1) is 0 Å². The number of carbonyl (C=O) groups excluding carboxylic acids is 1. The van der Waals surface area contributed by atoms with Crippen molar-refractivity contribution in [3.05, 3.63) is 35.4 Å². The van der Waals surface area contributed by atoms with Gasteiger partial charge in [0.25, 0.3) is 5.91 Å². The Hall–Kier alpha value is -1.39. The van der Waals surface area contributed by atoms with Gasteiger partial charge >= 0.3 is 0 Å². The number of ether oxygens (including phenoxy) is 1. The van der Waals surface area contributed by atoms with E-state index in [1.54, 1.807) is 7.05 Å². The Morgan fingerprint density at radius 1 is 1.32 bits per heavy atom. The first-order chi connectivity index (χ1) is 9.02. The van der Waals surface area contributed by atoms with E-state index in [1.807, 2.05) is 38.1 Å². The average molecular weight is 264 g/mol. The molecule has 1 N–H and O–H groups in total. The second-order valence-corrected chi connectivity index (χ2v) is 4.93. The molecule has 1 aromatic carbocycles. The maximum absolute atomic E-state index is 11.4. The zero-order valence-corrected chi connectivity index (χ0v) is 12.3. The molecule has 0 radical (unpaired) electrons. The lowest BCUT2D eigenvalue weighted by Crippen LogP contribution is -2.24. The Balaban J connectivity index is 2.42. The number of nitrogens with one attached hydrogen (secondary N) is 1. The fourth-order valence-electron chi connectivity index (χ4n) is 1.74. The third kappa shape index (κ3) is 5.85. The van der Waals surface area contributed by atoms with E-state index in [-0.39, 0.29) is 12.0 Å². The summed E-state index contributed by atoms with van der Waals surface area (Å²) < 4.78 is 5.52. The van der Waals surface area contributed by atoms with Gasteiger partial charge in [0.2, 0.25) is 0 Å². The summed E-state index contributed by atoms with van der Waals surface area (Å²) in [6, 6.07) is 7.69. The normalized spacial score (nSPS) is 11.1. The molecule has 4 heteroatoms. The molecule has 0 bridgehead atoms. The standard InChI is InChI=1S/C15H24N2O2/c1-12(2)19-10-9-17(4)11-13-5-7-14(8-6-13)15(18)16-3/h5-8,12H,9-11H2,1-4H3,(H,16,18). The van der Waals surface area contributed by atoms with Crippen LogP contribution in [0.2, 0.25) is 0 Å². The first-order valence-electron chi connectivity index (χ1n) is 6.64. The average Bonchev–Trinajstić information content (AvgIpc) is 2.38. The van der Waals surface area contributed by atoms with Crippen molar-refractivity contribution in [2.75, 3.05) is 27.2 Å². The van der Waals surface area contributed by atoms with Gasteiger partial charge in [0.1, 0.15) is 0 Å². The van der Waals surface area contributed by atoms with Crippen molar-refractivity contribution in [3.8, 4) is 0 Å².